The molecule has 11 heteroatoms. The predicted molar refractivity (Wildman–Crippen MR) is 128 cm³/mol. The first-order valence-electron chi connectivity index (χ1n) is 11.3. The van der Waals surface area contributed by atoms with Crippen molar-refractivity contribution in [2.75, 3.05) is 23.7 Å². The Bertz CT molecular complexity index is 1220. The topological polar surface area (TPSA) is 124 Å². The van der Waals surface area contributed by atoms with Crippen LogP contribution in [-0.2, 0) is 18.6 Å². The first kappa shape index (κ1) is 24.4. The Balaban J connectivity index is 1.64. The number of carbonyl (C=O) groups excluding carboxylic acids is 1. The number of nitrogens with one attached hydrogen (secondary N) is 4. The maximum absolute atomic E-state index is 13.3. The average molecular weight is 484 g/mol. The van der Waals surface area contributed by atoms with Gasteiger partial charge in [0.15, 0.2) is 5.60 Å². The van der Waals surface area contributed by atoms with E-state index in [2.05, 4.69) is 36.2 Å². The third-order valence-corrected chi connectivity index (χ3v) is 5.66. The van der Waals surface area contributed by atoms with Crippen molar-refractivity contribution < 1.29 is 18.7 Å². The molecule has 0 radical (unpaired) electrons. The van der Waals surface area contributed by atoms with Gasteiger partial charge in [0.2, 0.25) is 5.95 Å². The molecule has 2 aromatic heterocycles. The number of pyridine rings is 1. The number of benzene rings is 1. The lowest BCUT2D eigenvalue weighted by molar-refractivity contribution is -0.0909. The monoisotopic (exact) mass is 483 g/mol. The molecule has 0 saturated heterocycles. The van der Waals surface area contributed by atoms with E-state index in [-0.39, 0.29) is 28.8 Å². The van der Waals surface area contributed by atoms with E-state index >= 15 is 0 Å². The highest BCUT2D eigenvalue weighted by Crippen LogP contribution is 2.28. The molecule has 184 valence electrons. The minimum Gasteiger partial charge on any atom is -0.378 e. The van der Waals surface area contributed by atoms with Gasteiger partial charge in [-0.2, -0.15) is 4.98 Å². The smallest absolute Gasteiger partial charge is 0.272 e. The summed E-state index contributed by atoms with van der Waals surface area (Å²) in [4.78, 5) is 25.4. The van der Waals surface area contributed by atoms with Crippen molar-refractivity contribution in [3.63, 3.8) is 0 Å². The molecule has 1 aromatic carbocycles. The third kappa shape index (κ3) is 5.52. The van der Waals surface area contributed by atoms with Crippen molar-refractivity contribution in [2.24, 2.45) is 0 Å². The summed E-state index contributed by atoms with van der Waals surface area (Å²) in [5, 5.41) is 22.2. The highest BCUT2D eigenvalue weighted by atomic mass is 19.3. The van der Waals surface area contributed by atoms with Crippen molar-refractivity contribution in [1.82, 2.24) is 25.6 Å². The number of hydrogen-bond acceptors (Lipinski definition) is 8. The van der Waals surface area contributed by atoms with Gasteiger partial charge in [-0.15, -0.1) is 0 Å². The van der Waals surface area contributed by atoms with Crippen LogP contribution in [-0.4, -0.2) is 45.5 Å². The molecule has 1 aliphatic heterocycles. The highest BCUT2D eigenvalue weighted by molar-refractivity contribution is 5.99. The molecular formula is C24H27F2N7O2. The Morgan fingerprint density at radius 3 is 2.80 bits per heavy atom. The fourth-order valence-corrected chi connectivity index (χ4v) is 3.66. The molecule has 1 unspecified atom stereocenters. The Hall–Kier alpha value is -3.70. The number of aliphatic hydroxyl groups is 1. The molecule has 0 spiro atoms. The average Bonchev–Trinajstić information content (AvgIpc) is 2.84. The van der Waals surface area contributed by atoms with Gasteiger partial charge in [-0.1, -0.05) is 12.1 Å². The van der Waals surface area contributed by atoms with E-state index in [4.69, 9.17) is 0 Å². The van der Waals surface area contributed by atoms with Crippen molar-refractivity contribution in [3.05, 3.63) is 65.0 Å². The van der Waals surface area contributed by atoms with E-state index in [1.807, 2.05) is 18.2 Å². The second kappa shape index (κ2) is 10.3. The highest BCUT2D eigenvalue weighted by Gasteiger charge is 2.36. The van der Waals surface area contributed by atoms with E-state index < -0.39 is 17.9 Å². The molecule has 5 N–H and O–H groups in total. The second-order valence-corrected chi connectivity index (χ2v) is 8.33. The SMILES string of the molecule is CCNC(=O)c1cnc(Nc2ccc3c(c2)CCNC3)nc1Nc1cccc(C(C)(O)C(F)F)n1. The molecule has 35 heavy (non-hydrogen) atoms. The summed E-state index contributed by atoms with van der Waals surface area (Å²) in [6.45, 7) is 4.90. The number of hydrogen-bond donors (Lipinski definition) is 5. The Morgan fingerprint density at radius 2 is 2.03 bits per heavy atom. The Kier molecular flexibility index (Phi) is 7.17. The molecule has 4 rings (SSSR count). The Labute approximate surface area is 201 Å². The molecule has 3 aromatic rings. The van der Waals surface area contributed by atoms with Gasteiger partial charge in [-0.25, -0.2) is 18.7 Å². The van der Waals surface area contributed by atoms with Crippen LogP contribution in [0.25, 0.3) is 0 Å². The number of fused-ring (bicyclic) bond motifs is 1. The third-order valence-electron chi connectivity index (χ3n) is 5.66. The number of amides is 1. The van der Waals surface area contributed by atoms with Crippen molar-refractivity contribution >= 4 is 29.2 Å². The number of nitrogens with zero attached hydrogens (tertiary/aromatic N) is 3. The van der Waals surface area contributed by atoms with Gasteiger partial charge < -0.3 is 26.4 Å². The fraction of sp³-hybridized carbons (Fsp3) is 0.333. The van der Waals surface area contributed by atoms with Crippen LogP contribution in [0.5, 0.6) is 0 Å². The van der Waals surface area contributed by atoms with Gasteiger partial charge >= 0.3 is 0 Å². The molecule has 0 bridgehead atoms. The first-order chi connectivity index (χ1) is 16.8. The molecule has 1 amide bonds. The summed E-state index contributed by atoms with van der Waals surface area (Å²) in [6, 6.07) is 10.3. The van der Waals surface area contributed by atoms with Crippen LogP contribution in [0.1, 0.15) is 41.0 Å². The zero-order valence-corrected chi connectivity index (χ0v) is 19.4. The van der Waals surface area contributed by atoms with Gasteiger partial charge in [0, 0.05) is 25.0 Å². The number of alkyl halides is 2. The maximum Gasteiger partial charge on any atom is 0.272 e. The van der Waals surface area contributed by atoms with E-state index in [0.29, 0.717) is 6.54 Å². The first-order valence-corrected chi connectivity index (χ1v) is 11.3. The second-order valence-electron chi connectivity index (χ2n) is 8.33. The van der Waals surface area contributed by atoms with Crippen LogP contribution in [0, 0.1) is 0 Å². The van der Waals surface area contributed by atoms with E-state index in [1.54, 1.807) is 6.92 Å². The largest absolute Gasteiger partial charge is 0.378 e. The summed E-state index contributed by atoms with van der Waals surface area (Å²) in [6.07, 6.45) is -0.734. The van der Waals surface area contributed by atoms with Crippen LogP contribution in [0.2, 0.25) is 0 Å². The summed E-state index contributed by atoms with van der Waals surface area (Å²) in [7, 11) is 0. The van der Waals surface area contributed by atoms with E-state index in [9.17, 15) is 18.7 Å². The molecule has 1 aliphatic rings. The van der Waals surface area contributed by atoms with Gasteiger partial charge in [0.25, 0.3) is 12.3 Å². The van der Waals surface area contributed by atoms with E-state index in [1.165, 1.54) is 35.5 Å². The predicted octanol–water partition coefficient (Wildman–Crippen LogP) is 3.23. The van der Waals surface area contributed by atoms with Crippen molar-refractivity contribution in [2.45, 2.75) is 38.8 Å². The van der Waals surface area contributed by atoms with Gasteiger partial charge in [-0.3, -0.25) is 4.79 Å². The van der Waals surface area contributed by atoms with Crippen molar-refractivity contribution in [3.8, 4) is 0 Å². The molecule has 0 aliphatic carbocycles. The van der Waals surface area contributed by atoms with Crippen LogP contribution < -0.4 is 21.3 Å². The normalized spacial score (nSPS) is 14.7. The van der Waals surface area contributed by atoms with E-state index in [0.717, 1.165) is 32.1 Å². The summed E-state index contributed by atoms with van der Waals surface area (Å²) < 4.78 is 26.6. The summed E-state index contributed by atoms with van der Waals surface area (Å²) in [5.74, 6) is 0.112. The fourth-order valence-electron chi connectivity index (χ4n) is 3.66. The molecule has 0 fully saturated rings. The standard InChI is InChI=1S/C24H27F2N7O2/c1-3-28-21(34)17-13-29-23(30-16-8-7-15-12-27-10-9-14(15)11-16)33-20(17)32-19-6-4-5-18(31-19)24(2,35)22(25)26/h4-8,11,13,22,27,35H,3,9-10,12H2,1-2H3,(H,28,34)(H2,29,30,31,32,33). The zero-order chi connectivity index (χ0) is 25.0. The summed E-state index contributed by atoms with van der Waals surface area (Å²) in [5.41, 5.74) is 0.783. The quantitative estimate of drug-likeness (QED) is 0.331. The molecule has 0 saturated carbocycles. The molecular weight excluding hydrogens is 456 g/mol. The minimum atomic E-state index is -3.03. The number of anilines is 4. The lowest BCUT2D eigenvalue weighted by Crippen LogP contribution is -2.31. The van der Waals surface area contributed by atoms with Crippen LogP contribution >= 0.6 is 0 Å². The van der Waals surface area contributed by atoms with Gasteiger partial charge in [0.1, 0.15) is 17.2 Å². The van der Waals surface area contributed by atoms with Crippen LogP contribution in [0.4, 0.5) is 32.1 Å². The molecule has 9 nitrogen and oxygen atoms in total. The van der Waals surface area contributed by atoms with Gasteiger partial charge in [-0.05, 0) is 62.2 Å². The zero-order valence-electron chi connectivity index (χ0n) is 19.4. The van der Waals surface area contributed by atoms with Crippen LogP contribution in [0.15, 0.2) is 42.6 Å². The maximum atomic E-state index is 13.3. The Morgan fingerprint density at radius 1 is 1.20 bits per heavy atom. The molecule has 3 heterocycles. The lowest BCUT2D eigenvalue weighted by Gasteiger charge is -2.22. The van der Waals surface area contributed by atoms with Crippen LogP contribution in [0.3, 0.4) is 0 Å². The van der Waals surface area contributed by atoms with Crippen molar-refractivity contribution in [1.29, 1.82) is 0 Å². The summed E-state index contributed by atoms with van der Waals surface area (Å²) >= 11 is 0. The molecule has 1 atom stereocenters. The number of aromatic nitrogens is 3. The minimum absolute atomic E-state index is 0.136. The number of rotatable bonds is 8. The number of carbonyl (C=O) groups is 1. The van der Waals surface area contributed by atoms with Gasteiger partial charge in [0.05, 0.1) is 5.69 Å². The number of halogens is 2. The lowest BCUT2D eigenvalue weighted by atomic mass is 10.0.